The van der Waals surface area contributed by atoms with E-state index < -0.39 is 0 Å². The summed E-state index contributed by atoms with van der Waals surface area (Å²) in [6.07, 6.45) is 8.23. The summed E-state index contributed by atoms with van der Waals surface area (Å²) in [6.45, 7) is 3.86. The molecule has 1 saturated heterocycles. The van der Waals surface area contributed by atoms with Gasteiger partial charge in [0, 0.05) is 50.2 Å². The molecule has 5 nitrogen and oxygen atoms in total. The van der Waals surface area contributed by atoms with Crippen LogP contribution in [0, 0.1) is 0 Å². The molecule has 1 atom stereocenters. The third-order valence-electron chi connectivity index (χ3n) is 5.22. The van der Waals surface area contributed by atoms with Crippen molar-refractivity contribution in [1.82, 2.24) is 19.4 Å². The summed E-state index contributed by atoms with van der Waals surface area (Å²) in [5.74, 6) is 2.53. The monoisotopic (exact) mass is 362 g/mol. The average molecular weight is 362 g/mol. The molecule has 27 heavy (non-hydrogen) atoms. The Morgan fingerprint density at radius 2 is 1.96 bits per heavy atom. The number of pyridine rings is 1. The molecule has 1 aromatic carbocycles. The number of benzene rings is 1. The van der Waals surface area contributed by atoms with Gasteiger partial charge in [-0.1, -0.05) is 30.3 Å². The van der Waals surface area contributed by atoms with Crippen LogP contribution in [-0.4, -0.2) is 39.6 Å². The van der Waals surface area contributed by atoms with Crippen molar-refractivity contribution >= 4 is 0 Å². The molecule has 0 spiro atoms. The molecule has 1 aliphatic heterocycles. The Balaban J connectivity index is 1.45. The zero-order valence-corrected chi connectivity index (χ0v) is 15.8. The number of likely N-dealkylation sites (tertiary alicyclic amines) is 1. The maximum Gasteiger partial charge on any atom is 0.122 e. The average Bonchev–Trinajstić information content (AvgIpc) is 3.17. The van der Waals surface area contributed by atoms with E-state index >= 15 is 0 Å². The van der Waals surface area contributed by atoms with Crippen LogP contribution < -0.4 is 4.74 Å². The maximum absolute atomic E-state index is 5.32. The molecule has 3 heterocycles. The van der Waals surface area contributed by atoms with Crippen molar-refractivity contribution in [2.45, 2.75) is 31.8 Å². The molecule has 1 fully saturated rings. The van der Waals surface area contributed by atoms with Crippen molar-refractivity contribution in [2.75, 3.05) is 20.2 Å². The standard InChI is InChI=1S/C22H26N4O/c1-27-21-9-10-23-20(14-21)17-25-12-5-8-19(16-25)22-24-11-13-26(22)15-18-6-3-2-4-7-18/h2-4,6-7,9-11,13-14,19H,5,8,12,15-17H2,1H3/t19-/m1/s1. The number of rotatable bonds is 6. The number of methoxy groups -OCH3 is 1. The van der Waals surface area contributed by atoms with E-state index in [-0.39, 0.29) is 0 Å². The summed E-state index contributed by atoms with van der Waals surface area (Å²) in [7, 11) is 1.70. The number of ether oxygens (including phenoxy) is 1. The van der Waals surface area contributed by atoms with Gasteiger partial charge < -0.3 is 9.30 Å². The van der Waals surface area contributed by atoms with E-state index in [9.17, 15) is 0 Å². The van der Waals surface area contributed by atoms with Crippen molar-refractivity contribution in [3.05, 3.63) is 78.1 Å². The van der Waals surface area contributed by atoms with Crippen molar-refractivity contribution < 1.29 is 4.74 Å². The maximum atomic E-state index is 5.32. The quantitative estimate of drug-likeness (QED) is 0.670. The predicted octanol–water partition coefficient (Wildman–Crippen LogP) is 3.71. The molecule has 0 amide bonds. The SMILES string of the molecule is COc1ccnc(CN2CCC[C@@H](c3nccn3Cc3ccccc3)C2)c1. The Bertz CT molecular complexity index is 862. The normalized spacial score (nSPS) is 17.7. The molecule has 0 radical (unpaired) electrons. The van der Waals surface area contributed by atoms with Gasteiger partial charge >= 0.3 is 0 Å². The molecule has 2 aromatic heterocycles. The zero-order valence-electron chi connectivity index (χ0n) is 15.8. The predicted molar refractivity (Wildman–Crippen MR) is 106 cm³/mol. The van der Waals surface area contributed by atoms with E-state index in [0.29, 0.717) is 5.92 Å². The van der Waals surface area contributed by atoms with Crippen molar-refractivity contribution in [1.29, 1.82) is 0 Å². The van der Waals surface area contributed by atoms with Gasteiger partial charge in [0.1, 0.15) is 11.6 Å². The van der Waals surface area contributed by atoms with Gasteiger partial charge in [-0.25, -0.2) is 4.98 Å². The van der Waals surface area contributed by atoms with Gasteiger partial charge in [0.2, 0.25) is 0 Å². The number of nitrogens with zero attached hydrogens (tertiary/aromatic N) is 4. The lowest BCUT2D eigenvalue weighted by Crippen LogP contribution is -2.35. The van der Waals surface area contributed by atoms with E-state index in [4.69, 9.17) is 9.72 Å². The minimum atomic E-state index is 0.461. The summed E-state index contributed by atoms with van der Waals surface area (Å²) in [5.41, 5.74) is 2.37. The molecular weight excluding hydrogens is 336 g/mol. The lowest BCUT2D eigenvalue weighted by molar-refractivity contribution is 0.192. The second kappa shape index (κ2) is 8.35. The molecule has 5 heteroatoms. The fourth-order valence-electron chi connectivity index (χ4n) is 3.90. The Morgan fingerprint density at radius 3 is 2.81 bits per heavy atom. The van der Waals surface area contributed by atoms with Gasteiger partial charge in [-0.15, -0.1) is 0 Å². The number of hydrogen-bond acceptors (Lipinski definition) is 4. The van der Waals surface area contributed by atoms with Gasteiger partial charge in [0.25, 0.3) is 0 Å². The Kier molecular flexibility index (Phi) is 5.49. The van der Waals surface area contributed by atoms with Gasteiger partial charge in [-0.05, 0) is 31.0 Å². The first-order valence-electron chi connectivity index (χ1n) is 9.58. The molecule has 4 rings (SSSR count). The van der Waals surface area contributed by atoms with Crippen molar-refractivity contribution in [2.24, 2.45) is 0 Å². The van der Waals surface area contributed by atoms with Gasteiger partial charge in [-0.3, -0.25) is 9.88 Å². The first-order chi connectivity index (χ1) is 13.3. The molecule has 1 aliphatic rings. The molecule has 0 saturated carbocycles. The molecule has 3 aromatic rings. The van der Waals surface area contributed by atoms with Crippen LogP contribution in [0.25, 0.3) is 0 Å². The molecule has 0 N–H and O–H groups in total. The van der Waals surface area contributed by atoms with Gasteiger partial charge in [-0.2, -0.15) is 0 Å². The smallest absolute Gasteiger partial charge is 0.122 e. The highest BCUT2D eigenvalue weighted by atomic mass is 16.5. The molecule has 0 unspecified atom stereocenters. The molecule has 140 valence electrons. The van der Waals surface area contributed by atoms with E-state index in [1.165, 1.54) is 24.2 Å². The zero-order chi connectivity index (χ0) is 18.5. The third-order valence-corrected chi connectivity index (χ3v) is 5.22. The summed E-state index contributed by atoms with van der Waals surface area (Å²) < 4.78 is 7.62. The number of imidazole rings is 1. The van der Waals surface area contributed by atoms with Crippen LogP contribution in [0.3, 0.4) is 0 Å². The van der Waals surface area contributed by atoms with E-state index in [2.05, 4.69) is 51.0 Å². The Labute approximate surface area is 160 Å². The highest BCUT2D eigenvalue weighted by Gasteiger charge is 2.25. The van der Waals surface area contributed by atoms with E-state index in [1.54, 1.807) is 7.11 Å². The lowest BCUT2D eigenvalue weighted by atomic mass is 9.96. The van der Waals surface area contributed by atoms with Crippen LogP contribution in [0.4, 0.5) is 0 Å². The minimum Gasteiger partial charge on any atom is -0.497 e. The summed E-state index contributed by atoms with van der Waals surface area (Å²) in [5, 5.41) is 0. The van der Waals surface area contributed by atoms with Crippen LogP contribution in [0.5, 0.6) is 5.75 Å². The fraction of sp³-hybridized carbons (Fsp3) is 0.364. The third kappa shape index (κ3) is 4.37. The summed E-state index contributed by atoms with van der Waals surface area (Å²) in [4.78, 5) is 11.7. The van der Waals surface area contributed by atoms with Crippen LogP contribution in [-0.2, 0) is 13.1 Å². The van der Waals surface area contributed by atoms with Crippen LogP contribution in [0.2, 0.25) is 0 Å². The Hall–Kier alpha value is -2.66. The number of aromatic nitrogens is 3. The van der Waals surface area contributed by atoms with Crippen LogP contribution in [0.1, 0.15) is 35.8 Å². The summed E-state index contributed by atoms with van der Waals surface area (Å²) in [6, 6.07) is 14.5. The molecular formula is C22H26N4O. The highest BCUT2D eigenvalue weighted by Crippen LogP contribution is 2.27. The van der Waals surface area contributed by atoms with Crippen LogP contribution >= 0.6 is 0 Å². The van der Waals surface area contributed by atoms with Gasteiger partial charge in [0.05, 0.1) is 12.8 Å². The highest BCUT2D eigenvalue weighted by molar-refractivity contribution is 5.22. The van der Waals surface area contributed by atoms with E-state index in [1.807, 2.05) is 24.5 Å². The topological polar surface area (TPSA) is 43.2 Å². The van der Waals surface area contributed by atoms with Crippen molar-refractivity contribution in [3.63, 3.8) is 0 Å². The fourth-order valence-corrected chi connectivity index (χ4v) is 3.90. The van der Waals surface area contributed by atoms with E-state index in [0.717, 1.165) is 37.6 Å². The number of piperidine rings is 1. The first kappa shape index (κ1) is 17.7. The molecule has 0 bridgehead atoms. The van der Waals surface area contributed by atoms with Crippen LogP contribution in [0.15, 0.2) is 61.1 Å². The number of hydrogen-bond donors (Lipinski definition) is 0. The summed E-state index contributed by atoms with van der Waals surface area (Å²) >= 11 is 0. The van der Waals surface area contributed by atoms with Gasteiger partial charge in [0.15, 0.2) is 0 Å². The Morgan fingerprint density at radius 1 is 1.07 bits per heavy atom. The minimum absolute atomic E-state index is 0.461. The molecule has 0 aliphatic carbocycles. The second-order valence-corrected chi connectivity index (χ2v) is 7.16. The first-order valence-corrected chi connectivity index (χ1v) is 9.58. The van der Waals surface area contributed by atoms with Crippen molar-refractivity contribution in [3.8, 4) is 5.75 Å². The second-order valence-electron chi connectivity index (χ2n) is 7.16. The largest absolute Gasteiger partial charge is 0.497 e. The lowest BCUT2D eigenvalue weighted by Gasteiger charge is -2.32.